The van der Waals surface area contributed by atoms with Gasteiger partial charge in [0.05, 0.1) is 30.7 Å². The summed E-state index contributed by atoms with van der Waals surface area (Å²) in [5.41, 5.74) is 2.99. The van der Waals surface area contributed by atoms with Crippen LogP contribution in [0.5, 0.6) is 0 Å². The number of fused-ring (bicyclic) bond motifs is 4. The lowest BCUT2D eigenvalue weighted by Gasteiger charge is -2.50. The first-order chi connectivity index (χ1) is 13.5. The molecule has 0 radical (unpaired) electrons. The van der Waals surface area contributed by atoms with E-state index in [1.807, 2.05) is 37.3 Å². The zero-order valence-corrected chi connectivity index (χ0v) is 16.9. The summed E-state index contributed by atoms with van der Waals surface area (Å²) in [7, 11) is 0. The van der Waals surface area contributed by atoms with E-state index < -0.39 is 5.41 Å². The molecule has 0 N–H and O–H groups in total. The van der Waals surface area contributed by atoms with Gasteiger partial charge in [-0.1, -0.05) is 29.3 Å². The molecule has 0 aromatic heterocycles. The third kappa shape index (κ3) is 2.50. The predicted molar refractivity (Wildman–Crippen MR) is 112 cm³/mol. The van der Waals surface area contributed by atoms with E-state index in [4.69, 9.17) is 27.9 Å². The van der Waals surface area contributed by atoms with Gasteiger partial charge < -0.3 is 9.64 Å². The minimum atomic E-state index is -0.749. The van der Waals surface area contributed by atoms with Gasteiger partial charge in [-0.15, -0.1) is 0 Å². The van der Waals surface area contributed by atoms with Crippen molar-refractivity contribution in [2.45, 2.75) is 19.4 Å². The van der Waals surface area contributed by atoms with E-state index in [9.17, 15) is 4.79 Å². The van der Waals surface area contributed by atoms with Crippen LogP contribution in [0.15, 0.2) is 47.6 Å². The maximum absolute atomic E-state index is 13.8. The molecular formula is C21H19Cl2N3O2. The minimum Gasteiger partial charge on any atom is -0.377 e. The van der Waals surface area contributed by atoms with Gasteiger partial charge in [-0.2, -0.15) is 10.1 Å². The number of anilines is 2. The molecule has 28 heavy (non-hydrogen) atoms. The van der Waals surface area contributed by atoms with Crippen LogP contribution in [0, 0.1) is 5.41 Å². The lowest BCUT2D eigenvalue weighted by atomic mass is 9.68. The highest BCUT2D eigenvalue weighted by Gasteiger charge is 2.59. The predicted octanol–water partition coefficient (Wildman–Crippen LogP) is 4.16. The molecule has 1 spiro atoms. The first kappa shape index (κ1) is 18.0. The standard InChI is InChI=1S/C21H19Cl2N3O2/c1-13-21(20(27)26(24-13)17-6-4-15(22)5-7-17)11-14-2-3-16(23)10-18(14)25-8-9-28-12-19(21)25/h2-7,10,19H,8-9,11-12H2,1H3/t19-,21-/m1/s1. The number of halogens is 2. The molecule has 1 fully saturated rings. The number of ether oxygens (including phenoxy) is 1. The highest BCUT2D eigenvalue weighted by Crippen LogP contribution is 2.48. The summed E-state index contributed by atoms with van der Waals surface area (Å²) < 4.78 is 5.81. The summed E-state index contributed by atoms with van der Waals surface area (Å²) in [6, 6.07) is 13.0. The average molecular weight is 416 g/mol. The van der Waals surface area contributed by atoms with E-state index in [-0.39, 0.29) is 11.9 Å². The van der Waals surface area contributed by atoms with Crippen LogP contribution in [0.4, 0.5) is 11.4 Å². The van der Waals surface area contributed by atoms with E-state index in [0.717, 1.165) is 29.2 Å². The van der Waals surface area contributed by atoms with Crippen molar-refractivity contribution in [1.29, 1.82) is 0 Å². The smallest absolute Gasteiger partial charge is 0.261 e. The third-order valence-corrected chi connectivity index (χ3v) is 6.55. The fourth-order valence-corrected chi connectivity index (χ4v) is 4.94. The number of hydrogen-bond acceptors (Lipinski definition) is 4. The SMILES string of the molecule is CC1=NN(c2ccc(Cl)cc2)C(=O)[C@]12Cc1ccc(Cl)cc1N1CCOC[C@@H]12. The molecule has 2 aromatic carbocycles. The van der Waals surface area contributed by atoms with Crippen LogP contribution in [0.1, 0.15) is 12.5 Å². The number of nitrogens with zero attached hydrogens (tertiary/aromatic N) is 3. The van der Waals surface area contributed by atoms with Gasteiger partial charge in [-0.25, -0.2) is 0 Å². The lowest BCUT2D eigenvalue weighted by molar-refractivity contribution is -0.126. The summed E-state index contributed by atoms with van der Waals surface area (Å²) in [5, 5.41) is 7.52. The number of hydrogen-bond donors (Lipinski definition) is 0. The van der Waals surface area contributed by atoms with Gasteiger partial charge in [-0.05, 0) is 55.3 Å². The number of carbonyl (C=O) groups excluding carboxylic acids is 1. The molecule has 7 heteroatoms. The van der Waals surface area contributed by atoms with Crippen LogP contribution in [0.3, 0.4) is 0 Å². The minimum absolute atomic E-state index is 0.0200. The van der Waals surface area contributed by atoms with E-state index in [2.05, 4.69) is 10.0 Å². The van der Waals surface area contributed by atoms with Crippen LogP contribution >= 0.6 is 23.2 Å². The third-order valence-electron chi connectivity index (χ3n) is 6.06. The van der Waals surface area contributed by atoms with Crippen LogP contribution in [0.25, 0.3) is 0 Å². The summed E-state index contributed by atoms with van der Waals surface area (Å²) in [6.07, 6.45) is 0.586. The molecule has 0 unspecified atom stereocenters. The van der Waals surface area contributed by atoms with E-state index in [0.29, 0.717) is 29.7 Å². The highest BCUT2D eigenvalue weighted by molar-refractivity contribution is 6.31. The second kappa shape index (κ2) is 6.48. The second-order valence-corrected chi connectivity index (χ2v) is 8.36. The average Bonchev–Trinajstić information content (AvgIpc) is 2.95. The summed E-state index contributed by atoms with van der Waals surface area (Å²) in [4.78, 5) is 16.1. The van der Waals surface area contributed by atoms with Gasteiger partial charge in [0.1, 0.15) is 5.41 Å². The number of rotatable bonds is 1. The molecule has 3 heterocycles. The molecule has 2 atom stereocenters. The van der Waals surface area contributed by atoms with Gasteiger partial charge in [0.25, 0.3) is 5.91 Å². The van der Waals surface area contributed by atoms with Crippen molar-refractivity contribution in [2.24, 2.45) is 10.5 Å². The molecule has 0 bridgehead atoms. The summed E-state index contributed by atoms with van der Waals surface area (Å²) >= 11 is 12.3. The molecule has 0 saturated carbocycles. The molecule has 144 valence electrons. The second-order valence-electron chi connectivity index (χ2n) is 7.48. The Hall–Kier alpha value is -2.08. The number of morpholine rings is 1. The van der Waals surface area contributed by atoms with Crippen molar-refractivity contribution in [3.8, 4) is 0 Å². The van der Waals surface area contributed by atoms with E-state index >= 15 is 0 Å². The van der Waals surface area contributed by atoms with Gasteiger partial charge >= 0.3 is 0 Å². The van der Waals surface area contributed by atoms with Crippen molar-refractivity contribution in [2.75, 3.05) is 29.7 Å². The molecule has 5 nitrogen and oxygen atoms in total. The van der Waals surface area contributed by atoms with Crippen molar-refractivity contribution >= 4 is 46.2 Å². The Morgan fingerprint density at radius 1 is 1.14 bits per heavy atom. The number of carbonyl (C=O) groups is 1. The van der Waals surface area contributed by atoms with Crippen molar-refractivity contribution in [1.82, 2.24) is 0 Å². The van der Waals surface area contributed by atoms with Crippen molar-refractivity contribution in [3.05, 3.63) is 58.1 Å². The zero-order chi connectivity index (χ0) is 19.5. The fourth-order valence-electron chi connectivity index (χ4n) is 4.65. The van der Waals surface area contributed by atoms with Crippen LogP contribution in [0.2, 0.25) is 10.0 Å². The maximum atomic E-state index is 13.8. The van der Waals surface area contributed by atoms with Gasteiger partial charge in [0.15, 0.2) is 0 Å². The molecular weight excluding hydrogens is 397 g/mol. The Balaban J connectivity index is 1.62. The summed E-state index contributed by atoms with van der Waals surface area (Å²) in [5.74, 6) is -0.0200. The van der Waals surface area contributed by atoms with Crippen LogP contribution in [-0.4, -0.2) is 37.4 Å². The first-order valence-electron chi connectivity index (χ1n) is 9.29. The Kier molecular flexibility index (Phi) is 4.16. The molecule has 3 aliphatic heterocycles. The Labute approximate surface area is 173 Å². The molecule has 3 aliphatic rings. The van der Waals surface area contributed by atoms with Crippen LogP contribution in [-0.2, 0) is 16.0 Å². The monoisotopic (exact) mass is 415 g/mol. The number of benzene rings is 2. The van der Waals surface area contributed by atoms with Crippen molar-refractivity contribution < 1.29 is 9.53 Å². The Morgan fingerprint density at radius 2 is 1.89 bits per heavy atom. The maximum Gasteiger partial charge on any atom is 0.261 e. The van der Waals surface area contributed by atoms with E-state index in [1.54, 1.807) is 12.1 Å². The Morgan fingerprint density at radius 3 is 2.68 bits per heavy atom. The Bertz CT molecular complexity index is 992. The lowest BCUT2D eigenvalue weighted by Crippen LogP contribution is -2.64. The van der Waals surface area contributed by atoms with Gasteiger partial charge in [0.2, 0.25) is 0 Å². The zero-order valence-electron chi connectivity index (χ0n) is 15.4. The molecule has 1 saturated heterocycles. The molecule has 1 amide bonds. The van der Waals surface area contributed by atoms with Crippen LogP contribution < -0.4 is 9.91 Å². The van der Waals surface area contributed by atoms with E-state index in [1.165, 1.54) is 5.01 Å². The highest BCUT2D eigenvalue weighted by atomic mass is 35.5. The first-order valence-corrected chi connectivity index (χ1v) is 10.0. The van der Waals surface area contributed by atoms with Crippen molar-refractivity contribution in [3.63, 3.8) is 0 Å². The normalized spacial score (nSPS) is 26.3. The quantitative estimate of drug-likeness (QED) is 0.701. The summed E-state index contributed by atoms with van der Waals surface area (Å²) in [6.45, 7) is 3.78. The van der Waals surface area contributed by atoms with Gasteiger partial charge in [-0.3, -0.25) is 4.79 Å². The largest absolute Gasteiger partial charge is 0.377 e. The van der Waals surface area contributed by atoms with Gasteiger partial charge in [0, 0.05) is 22.3 Å². The topological polar surface area (TPSA) is 45.1 Å². The number of hydrazone groups is 1. The molecule has 2 aromatic rings. The molecule has 5 rings (SSSR count). The fraction of sp³-hybridized carbons (Fsp3) is 0.333. The molecule has 0 aliphatic carbocycles. The number of amides is 1.